The summed E-state index contributed by atoms with van der Waals surface area (Å²) in [4.78, 5) is 16.8. The second-order valence-corrected chi connectivity index (χ2v) is 7.20. The lowest BCUT2D eigenvalue weighted by molar-refractivity contribution is -0.130. The van der Waals surface area contributed by atoms with Crippen LogP contribution in [-0.2, 0) is 4.79 Å². The maximum absolute atomic E-state index is 12.8. The van der Waals surface area contributed by atoms with Gasteiger partial charge in [0.1, 0.15) is 11.8 Å². The maximum atomic E-state index is 12.8. The molecule has 10 heteroatoms. The van der Waals surface area contributed by atoms with Gasteiger partial charge in [-0.2, -0.15) is 10.1 Å². The number of carbonyl (C=O) groups is 1. The molecule has 1 aliphatic heterocycles. The van der Waals surface area contributed by atoms with Gasteiger partial charge in [-0.15, -0.1) is 5.10 Å². The normalized spacial score (nSPS) is 16.6. The summed E-state index contributed by atoms with van der Waals surface area (Å²) in [5.74, 6) is 0.853. The molecule has 3 N–H and O–H groups in total. The lowest BCUT2D eigenvalue weighted by Crippen LogP contribution is -2.28. The number of nitrogen functional groups attached to an aromatic ring is 1. The van der Waals surface area contributed by atoms with Crippen LogP contribution in [0.5, 0.6) is 0 Å². The fourth-order valence-electron chi connectivity index (χ4n) is 2.77. The number of furan rings is 1. The highest BCUT2D eigenvalue weighted by Crippen LogP contribution is 2.34. The predicted octanol–water partition coefficient (Wildman–Crippen LogP) is 3.10. The SMILES string of the molecule is Nc1nc(SCC(=O)N2N=C(c3ccc(Cl)cc3)C[C@H]2c2ccco2)n[nH]1. The first-order valence-corrected chi connectivity index (χ1v) is 9.46. The van der Waals surface area contributed by atoms with E-state index in [0.717, 1.165) is 11.3 Å². The van der Waals surface area contributed by atoms with E-state index in [0.29, 0.717) is 22.4 Å². The van der Waals surface area contributed by atoms with Crippen LogP contribution in [0.4, 0.5) is 5.95 Å². The molecule has 0 saturated heterocycles. The number of H-pyrrole nitrogens is 1. The van der Waals surface area contributed by atoms with Crippen molar-refractivity contribution in [2.45, 2.75) is 17.6 Å². The van der Waals surface area contributed by atoms with Crippen LogP contribution in [0.1, 0.15) is 23.8 Å². The van der Waals surface area contributed by atoms with E-state index in [1.54, 1.807) is 24.5 Å². The average molecular weight is 403 g/mol. The zero-order valence-electron chi connectivity index (χ0n) is 14.0. The second-order valence-electron chi connectivity index (χ2n) is 5.82. The molecule has 1 atom stereocenters. The fourth-order valence-corrected chi connectivity index (χ4v) is 3.56. The number of rotatable bonds is 5. The summed E-state index contributed by atoms with van der Waals surface area (Å²) in [7, 11) is 0. The summed E-state index contributed by atoms with van der Waals surface area (Å²) >= 11 is 7.16. The highest BCUT2D eigenvalue weighted by molar-refractivity contribution is 7.99. The molecule has 138 valence electrons. The molecule has 0 spiro atoms. The minimum atomic E-state index is -0.295. The number of nitrogens with zero attached hydrogens (tertiary/aromatic N) is 4. The molecule has 27 heavy (non-hydrogen) atoms. The zero-order chi connectivity index (χ0) is 18.8. The van der Waals surface area contributed by atoms with Gasteiger partial charge in [0.2, 0.25) is 11.1 Å². The Hall–Kier alpha value is -2.78. The Morgan fingerprint density at radius 1 is 1.37 bits per heavy atom. The predicted molar refractivity (Wildman–Crippen MR) is 102 cm³/mol. The van der Waals surface area contributed by atoms with Crippen LogP contribution >= 0.6 is 23.4 Å². The van der Waals surface area contributed by atoms with E-state index in [9.17, 15) is 4.79 Å². The van der Waals surface area contributed by atoms with Crippen molar-refractivity contribution in [2.24, 2.45) is 5.10 Å². The molecule has 1 aromatic carbocycles. The van der Waals surface area contributed by atoms with Gasteiger partial charge in [0, 0.05) is 11.4 Å². The molecule has 1 aliphatic rings. The molecule has 1 amide bonds. The van der Waals surface area contributed by atoms with E-state index in [4.69, 9.17) is 21.8 Å². The van der Waals surface area contributed by atoms with Crippen molar-refractivity contribution in [1.29, 1.82) is 0 Å². The average Bonchev–Trinajstić information content (AvgIpc) is 3.40. The second kappa shape index (κ2) is 7.45. The molecule has 8 nitrogen and oxygen atoms in total. The number of aromatic amines is 1. The summed E-state index contributed by atoms with van der Waals surface area (Å²) < 4.78 is 5.53. The zero-order valence-corrected chi connectivity index (χ0v) is 15.6. The minimum absolute atomic E-state index is 0.131. The van der Waals surface area contributed by atoms with Gasteiger partial charge < -0.3 is 10.2 Å². The Bertz CT molecular complexity index is 970. The number of hydrogen-bond donors (Lipinski definition) is 2. The first-order chi connectivity index (χ1) is 13.1. The number of anilines is 1. The van der Waals surface area contributed by atoms with Gasteiger partial charge in [0.05, 0.1) is 17.7 Å². The highest BCUT2D eigenvalue weighted by Gasteiger charge is 2.34. The monoisotopic (exact) mass is 402 g/mol. The maximum Gasteiger partial charge on any atom is 0.253 e. The number of hydrogen-bond acceptors (Lipinski definition) is 7. The lowest BCUT2D eigenvalue weighted by atomic mass is 10.0. The van der Waals surface area contributed by atoms with E-state index < -0.39 is 0 Å². The summed E-state index contributed by atoms with van der Waals surface area (Å²) in [6.45, 7) is 0. The van der Waals surface area contributed by atoms with Crippen LogP contribution in [0.2, 0.25) is 5.02 Å². The van der Waals surface area contributed by atoms with Crippen molar-refractivity contribution in [3.8, 4) is 0 Å². The summed E-state index contributed by atoms with van der Waals surface area (Å²) in [6, 6.07) is 10.7. The first kappa shape index (κ1) is 17.6. The van der Waals surface area contributed by atoms with Crippen molar-refractivity contribution >= 4 is 40.9 Å². The number of hydrazone groups is 1. The number of carbonyl (C=O) groups excluding carboxylic acids is 1. The molecule has 3 heterocycles. The number of amides is 1. The van der Waals surface area contributed by atoms with Gasteiger partial charge in [-0.1, -0.05) is 35.5 Å². The van der Waals surface area contributed by atoms with E-state index in [1.165, 1.54) is 16.8 Å². The van der Waals surface area contributed by atoms with Crippen LogP contribution in [0.15, 0.2) is 57.3 Å². The lowest BCUT2D eigenvalue weighted by Gasteiger charge is -2.19. The van der Waals surface area contributed by atoms with Gasteiger partial charge >= 0.3 is 0 Å². The Morgan fingerprint density at radius 3 is 2.85 bits per heavy atom. The molecule has 0 bridgehead atoms. The third-order valence-electron chi connectivity index (χ3n) is 4.02. The summed E-state index contributed by atoms with van der Waals surface area (Å²) in [6.07, 6.45) is 2.14. The molecule has 0 radical (unpaired) electrons. The van der Waals surface area contributed by atoms with E-state index >= 15 is 0 Å². The van der Waals surface area contributed by atoms with Crippen molar-refractivity contribution < 1.29 is 9.21 Å². The van der Waals surface area contributed by atoms with E-state index in [-0.39, 0.29) is 23.7 Å². The van der Waals surface area contributed by atoms with Gasteiger partial charge in [-0.25, -0.2) is 10.1 Å². The van der Waals surface area contributed by atoms with Crippen molar-refractivity contribution in [2.75, 3.05) is 11.5 Å². The molecule has 3 aromatic rings. The summed E-state index contributed by atoms with van der Waals surface area (Å²) in [5, 5.41) is 13.5. The molecule has 0 saturated carbocycles. The smallest absolute Gasteiger partial charge is 0.253 e. The number of benzene rings is 1. The number of halogens is 1. The van der Waals surface area contributed by atoms with Crippen LogP contribution < -0.4 is 5.73 Å². The third kappa shape index (κ3) is 3.83. The summed E-state index contributed by atoms with van der Waals surface area (Å²) in [5.41, 5.74) is 7.22. The fraction of sp³-hybridized carbons (Fsp3) is 0.176. The van der Waals surface area contributed by atoms with Gasteiger partial charge in [-0.05, 0) is 29.8 Å². The van der Waals surface area contributed by atoms with Crippen LogP contribution in [0.3, 0.4) is 0 Å². The van der Waals surface area contributed by atoms with Crippen molar-refractivity contribution in [3.63, 3.8) is 0 Å². The Morgan fingerprint density at radius 2 is 2.19 bits per heavy atom. The third-order valence-corrected chi connectivity index (χ3v) is 5.11. The molecular formula is C17H15ClN6O2S. The highest BCUT2D eigenvalue weighted by atomic mass is 35.5. The van der Waals surface area contributed by atoms with E-state index in [2.05, 4.69) is 20.3 Å². The van der Waals surface area contributed by atoms with Gasteiger partial charge in [0.15, 0.2) is 0 Å². The van der Waals surface area contributed by atoms with Crippen LogP contribution in [0.25, 0.3) is 0 Å². The molecule has 2 aromatic heterocycles. The molecule has 4 rings (SSSR count). The Labute approximate surface area is 163 Å². The van der Waals surface area contributed by atoms with Gasteiger partial charge in [0.25, 0.3) is 5.91 Å². The molecular weight excluding hydrogens is 388 g/mol. The topological polar surface area (TPSA) is 113 Å². The molecule has 0 unspecified atom stereocenters. The first-order valence-electron chi connectivity index (χ1n) is 8.09. The largest absolute Gasteiger partial charge is 0.467 e. The number of aromatic nitrogens is 3. The Kier molecular flexibility index (Phi) is 4.87. The standard InChI is InChI=1S/C17H15ClN6O2S/c18-11-5-3-10(4-6-11)12-8-13(14-2-1-7-26-14)24(23-12)15(25)9-27-17-20-16(19)21-22-17/h1-7,13H,8-9H2,(H3,19,20,21,22)/t13-/m0/s1. The number of nitrogens with one attached hydrogen (secondary N) is 1. The Balaban J connectivity index is 1.55. The van der Waals surface area contributed by atoms with Gasteiger partial charge in [-0.3, -0.25) is 4.79 Å². The van der Waals surface area contributed by atoms with Crippen LogP contribution in [0, 0.1) is 0 Å². The number of nitrogens with two attached hydrogens (primary N) is 1. The quantitative estimate of drug-likeness (QED) is 0.634. The molecule has 0 fully saturated rings. The van der Waals surface area contributed by atoms with Crippen molar-refractivity contribution in [3.05, 3.63) is 59.0 Å². The minimum Gasteiger partial charge on any atom is -0.467 e. The van der Waals surface area contributed by atoms with Crippen LogP contribution in [-0.4, -0.2) is 37.6 Å². The van der Waals surface area contributed by atoms with E-state index in [1.807, 2.05) is 18.2 Å². The molecule has 0 aliphatic carbocycles. The number of thioether (sulfide) groups is 1. The van der Waals surface area contributed by atoms with Crippen molar-refractivity contribution in [1.82, 2.24) is 20.2 Å².